The molecule has 0 fully saturated rings. The average molecular weight is 363 g/mol. The summed E-state index contributed by atoms with van der Waals surface area (Å²) < 4.78 is 6.48. The summed E-state index contributed by atoms with van der Waals surface area (Å²) in [6.45, 7) is 0.344. The van der Waals surface area contributed by atoms with Crippen LogP contribution in [0.3, 0.4) is 0 Å². The van der Waals surface area contributed by atoms with Gasteiger partial charge in [-0.25, -0.2) is 0 Å². The molecule has 21 heavy (non-hydrogen) atoms. The zero-order valence-electron chi connectivity index (χ0n) is 10.9. The number of thiophene rings is 1. The molecule has 0 aromatic carbocycles. The predicted octanol–water partition coefficient (Wildman–Crippen LogP) is 4.10. The summed E-state index contributed by atoms with van der Waals surface area (Å²) in [5, 5.41) is 4.81. The maximum absolute atomic E-state index is 12.0. The molecule has 0 saturated heterocycles. The molecule has 106 valence electrons. The molecule has 4 nitrogen and oxygen atoms in total. The minimum atomic E-state index is -0.183. The van der Waals surface area contributed by atoms with Crippen LogP contribution in [0.2, 0.25) is 0 Å². The number of hydrogen-bond acceptors (Lipinski definition) is 4. The molecule has 0 spiro atoms. The molecule has 3 aromatic heterocycles. The molecule has 0 atom stereocenters. The average Bonchev–Trinajstić information content (AvgIpc) is 3.15. The molecule has 6 heteroatoms. The lowest BCUT2D eigenvalue weighted by Crippen LogP contribution is -2.22. The van der Waals surface area contributed by atoms with Crippen LogP contribution in [0, 0.1) is 0 Å². The van der Waals surface area contributed by atoms with Gasteiger partial charge in [0.1, 0.15) is 11.5 Å². The molecular formula is C15H11BrN2O2S. The zero-order chi connectivity index (χ0) is 14.7. The molecule has 0 aliphatic heterocycles. The fourth-order valence-electron chi connectivity index (χ4n) is 1.83. The fourth-order valence-corrected chi connectivity index (χ4v) is 2.88. The number of pyridine rings is 1. The number of nitrogens with zero attached hydrogens (tertiary/aromatic N) is 1. The molecule has 0 aliphatic carbocycles. The standard InChI is InChI=1S/C15H11BrN2O2S/c16-11-6-10(7-17-8-11)15(19)18-9-12-3-4-13(20-12)14-2-1-5-21-14/h1-8H,9H2,(H,18,19). The number of carbonyl (C=O) groups is 1. The van der Waals surface area contributed by atoms with E-state index in [0.717, 1.165) is 20.9 Å². The van der Waals surface area contributed by atoms with E-state index in [9.17, 15) is 4.79 Å². The molecule has 1 amide bonds. The van der Waals surface area contributed by atoms with E-state index in [0.29, 0.717) is 12.1 Å². The fraction of sp³-hybridized carbons (Fsp3) is 0.0667. The number of carbonyl (C=O) groups excluding carboxylic acids is 1. The third-order valence-electron chi connectivity index (χ3n) is 2.82. The number of rotatable bonds is 4. The Morgan fingerprint density at radius 3 is 3.00 bits per heavy atom. The first-order valence-corrected chi connectivity index (χ1v) is 7.91. The van der Waals surface area contributed by atoms with Crippen molar-refractivity contribution in [2.75, 3.05) is 0 Å². The zero-order valence-corrected chi connectivity index (χ0v) is 13.3. The Labute approximate surface area is 134 Å². The van der Waals surface area contributed by atoms with E-state index in [1.807, 2.05) is 29.6 Å². The smallest absolute Gasteiger partial charge is 0.253 e. The molecular weight excluding hydrogens is 352 g/mol. The van der Waals surface area contributed by atoms with Crippen molar-refractivity contribution in [2.45, 2.75) is 6.54 Å². The van der Waals surface area contributed by atoms with Crippen LogP contribution in [0.15, 0.2) is 57.0 Å². The van der Waals surface area contributed by atoms with Gasteiger partial charge >= 0.3 is 0 Å². The van der Waals surface area contributed by atoms with Crippen LogP contribution >= 0.6 is 27.3 Å². The van der Waals surface area contributed by atoms with Gasteiger partial charge in [-0.3, -0.25) is 9.78 Å². The SMILES string of the molecule is O=C(NCc1ccc(-c2cccs2)o1)c1cncc(Br)c1. The summed E-state index contributed by atoms with van der Waals surface area (Å²) >= 11 is 4.91. The lowest BCUT2D eigenvalue weighted by molar-refractivity contribution is 0.0947. The van der Waals surface area contributed by atoms with Gasteiger partial charge in [-0.15, -0.1) is 11.3 Å². The van der Waals surface area contributed by atoms with E-state index in [1.165, 1.54) is 6.20 Å². The van der Waals surface area contributed by atoms with E-state index in [1.54, 1.807) is 23.6 Å². The van der Waals surface area contributed by atoms with Gasteiger partial charge in [0.15, 0.2) is 0 Å². The highest BCUT2D eigenvalue weighted by Gasteiger charge is 2.09. The lowest BCUT2D eigenvalue weighted by Gasteiger charge is -2.03. The van der Waals surface area contributed by atoms with Crippen LogP contribution in [0.25, 0.3) is 10.6 Å². The number of amides is 1. The first-order chi connectivity index (χ1) is 10.2. The second-order valence-corrected chi connectivity index (χ2v) is 6.18. The van der Waals surface area contributed by atoms with Crippen molar-refractivity contribution in [3.8, 4) is 10.6 Å². The Morgan fingerprint density at radius 1 is 1.33 bits per heavy atom. The Morgan fingerprint density at radius 2 is 2.24 bits per heavy atom. The van der Waals surface area contributed by atoms with Gasteiger partial charge in [0.2, 0.25) is 0 Å². The van der Waals surface area contributed by atoms with Gasteiger partial charge in [-0.1, -0.05) is 6.07 Å². The number of nitrogens with one attached hydrogen (secondary N) is 1. The topological polar surface area (TPSA) is 55.1 Å². The highest BCUT2D eigenvalue weighted by atomic mass is 79.9. The van der Waals surface area contributed by atoms with E-state index < -0.39 is 0 Å². The van der Waals surface area contributed by atoms with Crippen molar-refractivity contribution >= 4 is 33.2 Å². The van der Waals surface area contributed by atoms with E-state index >= 15 is 0 Å². The van der Waals surface area contributed by atoms with Crippen LogP contribution in [0.5, 0.6) is 0 Å². The predicted molar refractivity (Wildman–Crippen MR) is 85.1 cm³/mol. The van der Waals surface area contributed by atoms with E-state index in [2.05, 4.69) is 26.2 Å². The summed E-state index contributed by atoms with van der Waals surface area (Å²) in [5.41, 5.74) is 0.509. The van der Waals surface area contributed by atoms with Crippen molar-refractivity contribution in [3.63, 3.8) is 0 Å². The molecule has 0 aliphatic rings. The first kappa shape index (κ1) is 14.0. The monoisotopic (exact) mass is 362 g/mol. The molecule has 0 bridgehead atoms. The van der Waals surface area contributed by atoms with E-state index in [4.69, 9.17) is 4.42 Å². The van der Waals surface area contributed by atoms with Gasteiger partial charge in [0, 0.05) is 16.9 Å². The summed E-state index contributed by atoms with van der Waals surface area (Å²) in [7, 11) is 0. The Hall–Kier alpha value is -1.92. The minimum absolute atomic E-state index is 0.183. The van der Waals surface area contributed by atoms with Gasteiger partial charge < -0.3 is 9.73 Å². The van der Waals surface area contributed by atoms with Crippen molar-refractivity contribution < 1.29 is 9.21 Å². The summed E-state index contributed by atoms with van der Waals surface area (Å²) in [5.74, 6) is 1.35. The second-order valence-electron chi connectivity index (χ2n) is 4.32. The largest absolute Gasteiger partial charge is 0.458 e. The molecule has 0 radical (unpaired) electrons. The van der Waals surface area contributed by atoms with Crippen LogP contribution in [0.1, 0.15) is 16.1 Å². The number of aromatic nitrogens is 1. The van der Waals surface area contributed by atoms with Gasteiger partial charge in [-0.05, 0) is 45.6 Å². The second kappa shape index (κ2) is 6.24. The van der Waals surface area contributed by atoms with Crippen molar-refractivity contribution in [2.24, 2.45) is 0 Å². The number of halogens is 1. The van der Waals surface area contributed by atoms with Gasteiger partial charge in [0.05, 0.1) is 17.0 Å². The van der Waals surface area contributed by atoms with Crippen LogP contribution < -0.4 is 5.32 Å². The van der Waals surface area contributed by atoms with Crippen LogP contribution in [0.4, 0.5) is 0 Å². The molecule has 3 heterocycles. The van der Waals surface area contributed by atoms with Crippen LogP contribution in [-0.2, 0) is 6.54 Å². The summed E-state index contributed by atoms with van der Waals surface area (Å²) in [4.78, 5) is 17.0. The molecule has 0 unspecified atom stereocenters. The summed E-state index contributed by atoms with van der Waals surface area (Å²) in [6, 6.07) is 9.48. The minimum Gasteiger partial charge on any atom is -0.458 e. The third-order valence-corrected chi connectivity index (χ3v) is 4.13. The Bertz CT molecular complexity index is 753. The Kier molecular flexibility index (Phi) is 4.17. The molecule has 3 aromatic rings. The first-order valence-electron chi connectivity index (χ1n) is 6.24. The number of hydrogen-bond donors (Lipinski definition) is 1. The quantitative estimate of drug-likeness (QED) is 0.760. The normalized spacial score (nSPS) is 10.5. The van der Waals surface area contributed by atoms with Crippen LogP contribution in [-0.4, -0.2) is 10.9 Å². The third kappa shape index (κ3) is 3.40. The van der Waals surface area contributed by atoms with Crippen molar-refractivity contribution in [1.29, 1.82) is 0 Å². The maximum atomic E-state index is 12.0. The lowest BCUT2D eigenvalue weighted by atomic mass is 10.2. The van der Waals surface area contributed by atoms with Crippen molar-refractivity contribution in [3.05, 3.63) is 63.9 Å². The van der Waals surface area contributed by atoms with Gasteiger partial charge in [0.25, 0.3) is 5.91 Å². The molecule has 1 N–H and O–H groups in total. The molecule has 0 saturated carbocycles. The summed E-state index contributed by atoms with van der Waals surface area (Å²) in [6.07, 6.45) is 3.16. The van der Waals surface area contributed by atoms with Gasteiger partial charge in [-0.2, -0.15) is 0 Å². The maximum Gasteiger partial charge on any atom is 0.253 e. The number of furan rings is 1. The Balaban J connectivity index is 1.64. The van der Waals surface area contributed by atoms with Crippen molar-refractivity contribution in [1.82, 2.24) is 10.3 Å². The molecule has 3 rings (SSSR count). The van der Waals surface area contributed by atoms with E-state index in [-0.39, 0.29) is 5.91 Å². The highest BCUT2D eigenvalue weighted by molar-refractivity contribution is 9.10. The highest BCUT2D eigenvalue weighted by Crippen LogP contribution is 2.26.